The van der Waals surface area contributed by atoms with Crippen LogP contribution in [0.25, 0.3) is 11.0 Å². The van der Waals surface area contributed by atoms with E-state index in [4.69, 9.17) is 4.98 Å². The highest BCUT2D eigenvalue weighted by Gasteiger charge is 2.32. The predicted molar refractivity (Wildman–Crippen MR) is 119 cm³/mol. The fraction of sp³-hybridized carbons (Fsp3) is 0.435. The summed E-state index contributed by atoms with van der Waals surface area (Å²) in [6.45, 7) is 6.95. The number of pyridine rings is 1. The third kappa shape index (κ3) is 3.72. The van der Waals surface area contributed by atoms with Gasteiger partial charge in [-0.25, -0.2) is 9.97 Å². The molecule has 2 fully saturated rings. The van der Waals surface area contributed by atoms with Crippen LogP contribution in [-0.2, 0) is 4.79 Å². The van der Waals surface area contributed by atoms with Gasteiger partial charge >= 0.3 is 0 Å². The molecule has 7 nitrogen and oxygen atoms in total. The number of carbonyl (C=O) groups excluding carboxylic acids is 1. The van der Waals surface area contributed by atoms with E-state index in [2.05, 4.69) is 44.9 Å². The van der Waals surface area contributed by atoms with Gasteiger partial charge in [-0.3, -0.25) is 4.79 Å². The number of carbonyl (C=O) groups is 1. The van der Waals surface area contributed by atoms with Gasteiger partial charge in [0.1, 0.15) is 5.82 Å². The summed E-state index contributed by atoms with van der Waals surface area (Å²) in [5.41, 5.74) is 3.26. The molecule has 7 heteroatoms. The highest BCUT2D eigenvalue weighted by atomic mass is 16.2. The number of piperidine rings is 1. The monoisotopic (exact) mass is 404 g/mol. The van der Waals surface area contributed by atoms with E-state index in [1.54, 1.807) is 0 Å². The Morgan fingerprint density at radius 1 is 1.07 bits per heavy atom. The average molecular weight is 405 g/mol. The summed E-state index contributed by atoms with van der Waals surface area (Å²) in [5.74, 6) is 2.20. The largest absolute Gasteiger partial charge is 0.353 e. The van der Waals surface area contributed by atoms with E-state index in [1.807, 2.05) is 29.3 Å². The van der Waals surface area contributed by atoms with Crippen LogP contribution < -0.4 is 9.80 Å². The number of aromatic nitrogens is 3. The molecule has 0 spiro atoms. The molecule has 5 rings (SSSR count). The van der Waals surface area contributed by atoms with Gasteiger partial charge in [0.05, 0.1) is 17.0 Å². The Morgan fingerprint density at radius 3 is 2.73 bits per heavy atom. The molecular weight excluding hydrogens is 376 g/mol. The number of piperazine rings is 1. The molecule has 0 unspecified atom stereocenters. The van der Waals surface area contributed by atoms with Crippen molar-refractivity contribution >= 4 is 28.7 Å². The van der Waals surface area contributed by atoms with Gasteiger partial charge in [-0.2, -0.15) is 0 Å². The first-order valence-electron chi connectivity index (χ1n) is 10.8. The first-order chi connectivity index (χ1) is 14.7. The minimum atomic E-state index is 0.0371. The molecule has 4 heterocycles. The van der Waals surface area contributed by atoms with Crippen molar-refractivity contribution in [1.82, 2.24) is 19.9 Å². The molecule has 2 aliphatic rings. The van der Waals surface area contributed by atoms with Crippen LogP contribution in [0.2, 0.25) is 0 Å². The minimum absolute atomic E-state index is 0.0371. The van der Waals surface area contributed by atoms with E-state index >= 15 is 0 Å². The molecule has 2 saturated heterocycles. The maximum absolute atomic E-state index is 13.2. The van der Waals surface area contributed by atoms with Crippen LogP contribution in [0, 0.1) is 12.8 Å². The molecule has 156 valence electrons. The number of hydrogen-bond acceptors (Lipinski definition) is 5. The lowest BCUT2D eigenvalue weighted by Gasteiger charge is -2.39. The Balaban J connectivity index is 1.23. The summed E-state index contributed by atoms with van der Waals surface area (Å²) < 4.78 is 0. The van der Waals surface area contributed by atoms with E-state index in [0.717, 1.165) is 74.9 Å². The SMILES string of the molecule is Cc1ccc2nc(N3CCC[C@H](C(=O)N4CCN(c5ccccn5)CC4)C3)[nH]c2c1. The second-order valence-electron chi connectivity index (χ2n) is 8.37. The molecule has 0 bridgehead atoms. The van der Waals surface area contributed by atoms with Crippen LogP contribution in [0.15, 0.2) is 42.6 Å². The highest BCUT2D eigenvalue weighted by molar-refractivity contribution is 5.81. The van der Waals surface area contributed by atoms with Gasteiger partial charge in [0.2, 0.25) is 11.9 Å². The van der Waals surface area contributed by atoms with Gasteiger partial charge < -0.3 is 19.7 Å². The summed E-state index contributed by atoms with van der Waals surface area (Å²) in [6, 6.07) is 12.2. The number of nitrogens with one attached hydrogen (secondary N) is 1. The second kappa shape index (κ2) is 7.97. The van der Waals surface area contributed by atoms with E-state index in [-0.39, 0.29) is 11.8 Å². The number of amides is 1. The van der Waals surface area contributed by atoms with Crippen molar-refractivity contribution in [1.29, 1.82) is 0 Å². The van der Waals surface area contributed by atoms with Gasteiger partial charge in [0.25, 0.3) is 0 Å². The van der Waals surface area contributed by atoms with E-state index in [1.165, 1.54) is 5.56 Å². The standard InChI is InChI=1S/C23H28N6O/c1-17-7-8-19-20(15-17)26-23(25-19)29-10-4-5-18(16-29)22(30)28-13-11-27(12-14-28)21-6-2-3-9-24-21/h2-3,6-9,15,18H,4-5,10-14,16H2,1H3,(H,25,26)/t18-/m0/s1. The second-order valence-corrected chi connectivity index (χ2v) is 8.37. The lowest BCUT2D eigenvalue weighted by molar-refractivity contribution is -0.136. The zero-order chi connectivity index (χ0) is 20.5. The molecule has 1 atom stereocenters. The van der Waals surface area contributed by atoms with Crippen molar-refractivity contribution in [3.8, 4) is 0 Å². The van der Waals surface area contributed by atoms with Crippen molar-refractivity contribution in [3.05, 3.63) is 48.2 Å². The zero-order valence-corrected chi connectivity index (χ0v) is 17.4. The third-order valence-corrected chi connectivity index (χ3v) is 6.26. The van der Waals surface area contributed by atoms with Crippen LogP contribution in [0.4, 0.5) is 11.8 Å². The molecule has 30 heavy (non-hydrogen) atoms. The van der Waals surface area contributed by atoms with E-state index in [0.29, 0.717) is 0 Å². The molecule has 0 saturated carbocycles. The summed E-state index contributed by atoms with van der Waals surface area (Å²) >= 11 is 0. The molecule has 1 aromatic carbocycles. The number of rotatable bonds is 3. The lowest BCUT2D eigenvalue weighted by Crippen LogP contribution is -2.52. The lowest BCUT2D eigenvalue weighted by atomic mass is 9.96. The fourth-order valence-corrected chi connectivity index (χ4v) is 4.59. The minimum Gasteiger partial charge on any atom is -0.353 e. The number of aromatic amines is 1. The molecule has 0 radical (unpaired) electrons. The van der Waals surface area contributed by atoms with Crippen LogP contribution in [0.3, 0.4) is 0 Å². The maximum Gasteiger partial charge on any atom is 0.227 e. The van der Waals surface area contributed by atoms with Crippen molar-refractivity contribution in [2.75, 3.05) is 49.1 Å². The van der Waals surface area contributed by atoms with Gasteiger partial charge in [-0.1, -0.05) is 12.1 Å². The Bertz CT molecular complexity index is 1020. The molecule has 0 aliphatic carbocycles. The van der Waals surface area contributed by atoms with Crippen molar-refractivity contribution < 1.29 is 4.79 Å². The molecule has 2 aliphatic heterocycles. The topological polar surface area (TPSA) is 68.4 Å². The Morgan fingerprint density at radius 2 is 1.93 bits per heavy atom. The third-order valence-electron chi connectivity index (χ3n) is 6.26. The Labute approximate surface area is 176 Å². The van der Waals surface area contributed by atoms with Crippen LogP contribution in [-0.4, -0.2) is 65.0 Å². The Kier molecular flexibility index (Phi) is 5.02. The highest BCUT2D eigenvalue weighted by Crippen LogP contribution is 2.26. The van der Waals surface area contributed by atoms with Crippen molar-refractivity contribution in [2.24, 2.45) is 5.92 Å². The zero-order valence-electron chi connectivity index (χ0n) is 17.4. The molecule has 1 N–H and O–H groups in total. The Hall–Kier alpha value is -3.09. The van der Waals surface area contributed by atoms with Gasteiger partial charge in [-0.15, -0.1) is 0 Å². The predicted octanol–water partition coefficient (Wildman–Crippen LogP) is 2.83. The number of imidazole rings is 1. The smallest absolute Gasteiger partial charge is 0.227 e. The average Bonchev–Trinajstić information content (AvgIpc) is 3.23. The number of benzene rings is 1. The quantitative estimate of drug-likeness (QED) is 0.727. The summed E-state index contributed by atoms with van der Waals surface area (Å²) in [4.78, 5) is 32.4. The van der Waals surface area contributed by atoms with Crippen molar-refractivity contribution in [2.45, 2.75) is 19.8 Å². The van der Waals surface area contributed by atoms with Gasteiger partial charge in [0, 0.05) is 45.5 Å². The van der Waals surface area contributed by atoms with Crippen LogP contribution in [0.1, 0.15) is 18.4 Å². The number of aryl methyl sites for hydroxylation is 1. The van der Waals surface area contributed by atoms with E-state index in [9.17, 15) is 4.79 Å². The molecular formula is C23H28N6O. The van der Waals surface area contributed by atoms with E-state index < -0.39 is 0 Å². The molecule has 2 aromatic heterocycles. The number of anilines is 2. The summed E-state index contributed by atoms with van der Waals surface area (Å²) in [6.07, 6.45) is 3.79. The van der Waals surface area contributed by atoms with Gasteiger partial charge in [-0.05, 0) is 49.6 Å². The van der Waals surface area contributed by atoms with Crippen LogP contribution >= 0.6 is 0 Å². The first-order valence-corrected chi connectivity index (χ1v) is 10.8. The number of fused-ring (bicyclic) bond motifs is 1. The summed E-state index contributed by atoms with van der Waals surface area (Å²) in [7, 11) is 0. The number of hydrogen-bond donors (Lipinski definition) is 1. The number of H-pyrrole nitrogens is 1. The summed E-state index contributed by atoms with van der Waals surface area (Å²) in [5, 5.41) is 0. The molecule has 1 amide bonds. The van der Waals surface area contributed by atoms with Crippen LogP contribution in [0.5, 0.6) is 0 Å². The van der Waals surface area contributed by atoms with Crippen molar-refractivity contribution in [3.63, 3.8) is 0 Å². The normalized spacial score (nSPS) is 20.0. The molecule has 3 aromatic rings. The van der Waals surface area contributed by atoms with Gasteiger partial charge in [0.15, 0.2) is 0 Å². The number of nitrogens with zero attached hydrogens (tertiary/aromatic N) is 5. The fourth-order valence-electron chi connectivity index (χ4n) is 4.59. The first kappa shape index (κ1) is 18.9. The maximum atomic E-state index is 13.2.